The molecule has 1 heterocycles. The molecule has 192 valence electrons. The summed E-state index contributed by atoms with van der Waals surface area (Å²) in [4.78, 5) is 4.56. The van der Waals surface area contributed by atoms with Gasteiger partial charge in [-0.1, -0.05) is 52.3 Å². The highest BCUT2D eigenvalue weighted by Crippen LogP contribution is 2.47. The molecule has 1 saturated carbocycles. The van der Waals surface area contributed by atoms with Crippen molar-refractivity contribution >= 4 is 25.7 Å². The molecule has 0 radical (unpaired) electrons. The lowest BCUT2D eigenvalue weighted by molar-refractivity contribution is 0.0972. The van der Waals surface area contributed by atoms with Crippen molar-refractivity contribution in [3.05, 3.63) is 52.7 Å². The number of nitrogens with zero attached hydrogens (tertiary/aromatic N) is 1. The Balaban J connectivity index is 1.43. The molecule has 0 saturated heterocycles. The normalized spacial score (nSPS) is 26.0. The molecule has 7 heteroatoms. The number of fused-ring (bicyclic) bond motifs is 1. The number of nitrogens with one attached hydrogen (secondary N) is 1. The standard InChI is InChI=1S/C28H41ClN2O3Si/c1-27(2,3)35(6,7)34-25-14-21(12-18(25)17-32)33-20-10-11-30-26(15-20)31-24-16-28(4,5)23-13-19(29)8-9-22(23)24/h8-11,13,15,18,21,24-25,32H,12,14,16-17H2,1-7H3,(H,30,31)/t18-,21+,24-,25-/m0/s1. The average molecular weight is 517 g/mol. The van der Waals surface area contributed by atoms with E-state index in [1.807, 2.05) is 18.2 Å². The molecule has 2 aliphatic carbocycles. The molecule has 0 unspecified atom stereocenters. The first-order chi connectivity index (χ1) is 16.3. The highest BCUT2D eigenvalue weighted by atomic mass is 35.5. The minimum Gasteiger partial charge on any atom is -0.490 e. The molecule has 4 atom stereocenters. The van der Waals surface area contributed by atoms with Gasteiger partial charge in [-0.2, -0.15) is 0 Å². The van der Waals surface area contributed by atoms with Gasteiger partial charge in [0, 0.05) is 36.2 Å². The van der Waals surface area contributed by atoms with Crippen LogP contribution in [0, 0.1) is 5.92 Å². The molecule has 0 spiro atoms. The first-order valence-electron chi connectivity index (χ1n) is 12.8. The SMILES string of the molecule is CC1(C)C[C@H](Nc2cc(O[C@@H]3C[C@@H](CO)[C@@H](O[Si](C)(C)C(C)(C)C)C3)ccn2)c2ccc(Cl)cc21. The molecule has 1 aromatic heterocycles. The second-order valence-corrected chi connectivity index (χ2v) is 17.7. The van der Waals surface area contributed by atoms with Crippen LogP contribution in [0.3, 0.4) is 0 Å². The Bertz CT molecular complexity index is 1050. The summed E-state index contributed by atoms with van der Waals surface area (Å²) in [5.74, 6) is 1.71. The number of halogens is 1. The van der Waals surface area contributed by atoms with Crippen LogP contribution < -0.4 is 10.1 Å². The molecule has 0 bridgehead atoms. The first kappa shape index (κ1) is 26.5. The summed E-state index contributed by atoms with van der Waals surface area (Å²) in [6, 6.07) is 10.2. The molecule has 1 fully saturated rings. The summed E-state index contributed by atoms with van der Waals surface area (Å²) in [5, 5.41) is 14.5. The quantitative estimate of drug-likeness (QED) is 0.384. The number of rotatable bonds is 7. The van der Waals surface area contributed by atoms with E-state index in [4.69, 9.17) is 20.8 Å². The van der Waals surface area contributed by atoms with Gasteiger partial charge in [-0.3, -0.25) is 0 Å². The van der Waals surface area contributed by atoms with Gasteiger partial charge < -0.3 is 19.6 Å². The van der Waals surface area contributed by atoms with Crippen LogP contribution in [0.4, 0.5) is 5.82 Å². The van der Waals surface area contributed by atoms with E-state index in [-0.39, 0.29) is 41.2 Å². The van der Waals surface area contributed by atoms with Gasteiger partial charge in [0.05, 0.1) is 12.1 Å². The monoisotopic (exact) mass is 516 g/mol. The highest BCUT2D eigenvalue weighted by molar-refractivity contribution is 6.74. The van der Waals surface area contributed by atoms with Crippen molar-refractivity contribution < 1.29 is 14.3 Å². The van der Waals surface area contributed by atoms with Crippen LogP contribution in [-0.4, -0.2) is 37.2 Å². The van der Waals surface area contributed by atoms with E-state index in [0.717, 1.165) is 35.9 Å². The number of pyridine rings is 1. The fourth-order valence-electron chi connectivity index (χ4n) is 5.24. The summed E-state index contributed by atoms with van der Waals surface area (Å²) in [6.45, 7) is 15.9. The summed E-state index contributed by atoms with van der Waals surface area (Å²) in [7, 11) is -1.92. The van der Waals surface area contributed by atoms with Crippen LogP contribution in [0.1, 0.15) is 71.0 Å². The predicted molar refractivity (Wildman–Crippen MR) is 146 cm³/mol. The van der Waals surface area contributed by atoms with Gasteiger partial charge in [0.1, 0.15) is 17.7 Å². The Morgan fingerprint density at radius 3 is 2.60 bits per heavy atom. The minimum atomic E-state index is -1.92. The van der Waals surface area contributed by atoms with Crippen LogP contribution in [0.15, 0.2) is 36.5 Å². The average Bonchev–Trinajstić information content (AvgIpc) is 3.23. The molecule has 1 aromatic carbocycles. The summed E-state index contributed by atoms with van der Waals surface area (Å²) < 4.78 is 13.1. The maximum atomic E-state index is 10.0. The van der Waals surface area contributed by atoms with E-state index in [1.54, 1.807) is 6.20 Å². The number of hydrogen-bond donors (Lipinski definition) is 2. The zero-order valence-electron chi connectivity index (χ0n) is 22.2. The largest absolute Gasteiger partial charge is 0.490 e. The van der Waals surface area contributed by atoms with Crippen molar-refractivity contribution in [3.63, 3.8) is 0 Å². The lowest BCUT2D eigenvalue weighted by Gasteiger charge is -2.39. The molecule has 2 aromatic rings. The zero-order valence-corrected chi connectivity index (χ0v) is 23.9. The van der Waals surface area contributed by atoms with Gasteiger partial charge in [0.2, 0.25) is 0 Å². The Morgan fingerprint density at radius 2 is 1.91 bits per heavy atom. The second kappa shape index (κ2) is 9.69. The number of hydrogen-bond acceptors (Lipinski definition) is 5. The van der Waals surface area contributed by atoms with Crippen molar-refractivity contribution in [1.82, 2.24) is 4.98 Å². The van der Waals surface area contributed by atoms with Gasteiger partial charge in [0.15, 0.2) is 8.32 Å². The van der Waals surface area contributed by atoms with Gasteiger partial charge in [-0.15, -0.1) is 0 Å². The van der Waals surface area contributed by atoms with Gasteiger partial charge in [-0.25, -0.2) is 4.98 Å². The lowest BCUT2D eigenvalue weighted by atomic mass is 9.86. The van der Waals surface area contributed by atoms with Crippen LogP contribution in [0.5, 0.6) is 5.75 Å². The number of aliphatic hydroxyl groups excluding tert-OH is 1. The molecular formula is C28H41ClN2O3Si. The van der Waals surface area contributed by atoms with Crippen molar-refractivity contribution in [3.8, 4) is 5.75 Å². The number of benzene rings is 1. The Labute approximate surface area is 216 Å². The Kier molecular flexibility index (Phi) is 7.33. The molecule has 5 nitrogen and oxygen atoms in total. The maximum Gasteiger partial charge on any atom is 0.192 e. The molecular weight excluding hydrogens is 476 g/mol. The highest BCUT2D eigenvalue weighted by Gasteiger charge is 2.44. The van der Waals surface area contributed by atoms with E-state index in [0.29, 0.717) is 0 Å². The predicted octanol–water partition coefficient (Wildman–Crippen LogP) is 7.11. The van der Waals surface area contributed by atoms with Crippen LogP contribution in [0.2, 0.25) is 23.2 Å². The second-order valence-electron chi connectivity index (χ2n) is 12.5. The van der Waals surface area contributed by atoms with Crippen molar-refractivity contribution in [2.75, 3.05) is 11.9 Å². The van der Waals surface area contributed by atoms with Gasteiger partial charge in [0.25, 0.3) is 0 Å². The van der Waals surface area contributed by atoms with E-state index < -0.39 is 8.32 Å². The molecule has 0 amide bonds. The summed E-state index contributed by atoms with van der Waals surface area (Å²) in [5.41, 5.74) is 2.62. The molecule has 4 rings (SSSR count). The van der Waals surface area contributed by atoms with Crippen molar-refractivity contribution in [2.24, 2.45) is 5.92 Å². The van der Waals surface area contributed by atoms with Crippen LogP contribution >= 0.6 is 11.6 Å². The van der Waals surface area contributed by atoms with E-state index >= 15 is 0 Å². The molecule has 2 aliphatic rings. The van der Waals surface area contributed by atoms with E-state index in [9.17, 15) is 5.11 Å². The van der Waals surface area contributed by atoms with Gasteiger partial charge >= 0.3 is 0 Å². The number of ether oxygens (including phenoxy) is 1. The smallest absolute Gasteiger partial charge is 0.192 e. The number of anilines is 1. The van der Waals surface area contributed by atoms with Crippen molar-refractivity contribution in [1.29, 1.82) is 0 Å². The van der Waals surface area contributed by atoms with Crippen LogP contribution in [0.25, 0.3) is 0 Å². The Hall–Kier alpha value is -1.60. The molecule has 0 aliphatic heterocycles. The van der Waals surface area contributed by atoms with Crippen LogP contribution in [-0.2, 0) is 9.84 Å². The summed E-state index contributed by atoms with van der Waals surface area (Å²) in [6.07, 6.45) is 4.42. The fraction of sp³-hybridized carbons (Fsp3) is 0.607. The van der Waals surface area contributed by atoms with Gasteiger partial charge in [-0.05, 0) is 65.7 Å². The zero-order chi connectivity index (χ0) is 25.6. The third-order valence-electron chi connectivity index (χ3n) is 8.26. The van der Waals surface area contributed by atoms with E-state index in [1.165, 1.54) is 11.1 Å². The first-order valence-corrected chi connectivity index (χ1v) is 16.1. The Morgan fingerprint density at radius 1 is 1.17 bits per heavy atom. The number of aliphatic hydroxyl groups is 1. The minimum absolute atomic E-state index is 0.0189. The van der Waals surface area contributed by atoms with E-state index in [2.05, 4.69) is 70.1 Å². The summed E-state index contributed by atoms with van der Waals surface area (Å²) >= 11 is 6.28. The third-order valence-corrected chi connectivity index (χ3v) is 13.0. The fourth-order valence-corrected chi connectivity index (χ4v) is 6.81. The maximum absolute atomic E-state index is 10.0. The number of aromatic nitrogens is 1. The third kappa shape index (κ3) is 5.71. The molecule has 2 N–H and O–H groups in total. The molecule has 35 heavy (non-hydrogen) atoms. The van der Waals surface area contributed by atoms with Crippen molar-refractivity contribution in [2.45, 2.75) is 95.7 Å². The topological polar surface area (TPSA) is 63.6 Å². The lowest BCUT2D eigenvalue weighted by Crippen LogP contribution is -2.45.